The average molecular weight is 345 g/mol. The van der Waals surface area contributed by atoms with Crippen LogP contribution in [0.3, 0.4) is 0 Å². The Morgan fingerprint density at radius 2 is 2.17 bits per heavy atom. The molecule has 1 N–H and O–H groups in total. The van der Waals surface area contributed by atoms with Crippen LogP contribution < -0.4 is 5.32 Å². The smallest absolute Gasteiger partial charge is 0.252 e. The van der Waals surface area contributed by atoms with Crippen molar-refractivity contribution in [3.8, 4) is 0 Å². The maximum atomic E-state index is 12.1. The van der Waals surface area contributed by atoms with Gasteiger partial charge in [-0.25, -0.2) is 4.98 Å². The summed E-state index contributed by atoms with van der Waals surface area (Å²) in [4.78, 5) is 22.8. The third kappa shape index (κ3) is 4.52. The molecule has 1 saturated heterocycles. The van der Waals surface area contributed by atoms with Gasteiger partial charge < -0.3 is 5.32 Å². The number of rotatable bonds is 5. The normalized spacial score (nSPS) is 17.8. The molecule has 0 radical (unpaired) electrons. The van der Waals surface area contributed by atoms with E-state index >= 15 is 0 Å². The molecule has 1 aliphatic heterocycles. The molecule has 0 saturated carbocycles. The molecule has 3 rings (SSSR count). The molecule has 0 aliphatic carbocycles. The summed E-state index contributed by atoms with van der Waals surface area (Å²) in [7, 11) is 0. The molecule has 1 unspecified atom stereocenters. The van der Waals surface area contributed by atoms with E-state index in [1.807, 2.05) is 37.4 Å². The van der Waals surface area contributed by atoms with Gasteiger partial charge in [-0.3, -0.25) is 14.7 Å². The third-order valence-electron chi connectivity index (χ3n) is 4.29. The first-order chi connectivity index (χ1) is 11.6. The summed E-state index contributed by atoms with van der Waals surface area (Å²) in [6.07, 6.45) is 4.54. The van der Waals surface area contributed by atoms with Crippen molar-refractivity contribution in [3.63, 3.8) is 0 Å². The van der Waals surface area contributed by atoms with Gasteiger partial charge in [-0.1, -0.05) is 17.7 Å². The number of pyridine rings is 2. The van der Waals surface area contributed by atoms with Gasteiger partial charge in [-0.2, -0.15) is 0 Å². The summed E-state index contributed by atoms with van der Waals surface area (Å²) in [6, 6.07) is 7.49. The Labute approximate surface area is 147 Å². The highest BCUT2D eigenvalue weighted by Gasteiger charge is 2.23. The van der Waals surface area contributed by atoms with E-state index in [0.717, 1.165) is 37.3 Å². The lowest BCUT2D eigenvalue weighted by Crippen LogP contribution is -2.31. The fraction of sp³-hybridized carbons (Fsp3) is 0.389. The Kier molecular flexibility index (Phi) is 5.43. The van der Waals surface area contributed by atoms with Gasteiger partial charge in [0, 0.05) is 37.7 Å². The number of hydrogen-bond acceptors (Lipinski definition) is 4. The minimum atomic E-state index is -0.0529. The number of amides is 1. The molecule has 0 bridgehead atoms. The first kappa shape index (κ1) is 16.9. The molecule has 0 spiro atoms. The van der Waals surface area contributed by atoms with Gasteiger partial charge >= 0.3 is 0 Å². The number of carbonyl (C=O) groups is 1. The number of hydrogen-bond donors (Lipinski definition) is 1. The molecule has 126 valence electrons. The van der Waals surface area contributed by atoms with Gasteiger partial charge in [0.25, 0.3) is 5.91 Å². The Morgan fingerprint density at radius 1 is 1.29 bits per heavy atom. The van der Waals surface area contributed by atoms with Gasteiger partial charge in [0.2, 0.25) is 0 Å². The quantitative estimate of drug-likeness (QED) is 0.847. The Balaban J connectivity index is 1.45. The van der Waals surface area contributed by atoms with Crippen LogP contribution in [-0.4, -0.2) is 40.4 Å². The molecule has 2 aromatic heterocycles. The van der Waals surface area contributed by atoms with Crippen LogP contribution in [0.5, 0.6) is 0 Å². The molecule has 1 aliphatic rings. The molecule has 2 aromatic rings. The molecule has 0 aromatic carbocycles. The van der Waals surface area contributed by atoms with E-state index in [9.17, 15) is 4.79 Å². The van der Waals surface area contributed by atoms with Gasteiger partial charge in [0.05, 0.1) is 5.56 Å². The van der Waals surface area contributed by atoms with Crippen molar-refractivity contribution in [1.29, 1.82) is 0 Å². The van der Waals surface area contributed by atoms with Crippen LogP contribution in [0.4, 0.5) is 0 Å². The number of aromatic nitrogens is 2. The lowest BCUT2D eigenvalue weighted by atomic mass is 10.1. The van der Waals surface area contributed by atoms with E-state index in [4.69, 9.17) is 11.6 Å². The first-order valence-corrected chi connectivity index (χ1v) is 8.51. The second-order valence-corrected chi connectivity index (χ2v) is 6.66. The van der Waals surface area contributed by atoms with Crippen molar-refractivity contribution in [2.24, 2.45) is 5.92 Å². The van der Waals surface area contributed by atoms with Gasteiger partial charge in [-0.15, -0.1) is 0 Å². The predicted octanol–water partition coefficient (Wildman–Crippen LogP) is 2.69. The van der Waals surface area contributed by atoms with E-state index in [1.54, 1.807) is 6.20 Å². The van der Waals surface area contributed by atoms with Crippen molar-refractivity contribution < 1.29 is 4.79 Å². The topological polar surface area (TPSA) is 58.1 Å². The standard InChI is InChI=1S/C18H21ClN4O/c1-13-2-4-16(10-20-13)18(24)22-9-15-6-7-23(12-15)11-14-3-5-17(19)21-8-14/h2-5,8,10,15H,6-7,9,11-12H2,1H3,(H,22,24). The number of aryl methyl sites for hydroxylation is 1. The molecule has 1 atom stereocenters. The highest BCUT2D eigenvalue weighted by molar-refractivity contribution is 6.29. The van der Waals surface area contributed by atoms with Crippen LogP contribution >= 0.6 is 11.6 Å². The summed E-state index contributed by atoms with van der Waals surface area (Å²) in [5, 5.41) is 3.54. The van der Waals surface area contributed by atoms with Gasteiger partial charge in [0.1, 0.15) is 5.15 Å². The maximum Gasteiger partial charge on any atom is 0.252 e. The fourth-order valence-electron chi connectivity index (χ4n) is 2.92. The molecule has 1 fully saturated rings. The monoisotopic (exact) mass is 344 g/mol. The van der Waals surface area contributed by atoms with Crippen molar-refractivity contribution >= 4 is 17.5 Å². The van der Waals surface area contributed by atoms with Crippen molar-refractivity contribution in [2.75, 3.05) is 19.6 Å². The molecule has 3 heterocycles. The van der Waals surface area contributed by atoms with E-state index in [-0.39, 0.29) is 5.91 Å². The lowest BCUT2D eigenvalue weighted by molar-refractivity contribution is 0.0947. The third-order valence-corrected chi connectivity index (χ3v) is 4.51. The van der Waals surface area contributed by atoms with Crippen molar-refractivity contribution in [2.45, 2.75) is 19.9 Å². The summed E-state index contributed by atoms with van der Waals surface area (Å²) in [5.41, 5.74) is 2.69. The molecular weight excluding hydrogens is 324 g/mol. The molecular formula is C18H21ClN4O. The second kappa shape index (κ2) is 7.73. The van der Waals surface area contributed by atoms with Crippen molar-refractivity contribution in [3.05, 3.63) is 58.6 Å². The van der Waals surface area contributed by atoms with Crippen LogP contribution in [0, 0.1) is 12.8 Å². The summed E-state index contributed by atoms with van der Waals surface area (Å²) in [5.74, 6) is 0.426. The Bertz CT molecular complexity index is 687. The largest absolute Gasteiger partial charge is 0.352 e. The van der Waals surface area contributed by atoms with E-state index < -0.39 is 0 Å². The van der Waals surface area contributed by atoms with E-state index in [2.05, 4.69) is 20.2 Å². The molecule has 5 nitrogen and oxygen atoms in total. The van der Waals surface area contributed by atoms with Crippen LogP contribution in [0.15, 0.2) is 36.7 Å². The van der Waals surface area contributed by atoms with Crippen molar-refractivity contribution in [1.82, 2.24) is 20.2 Å². The Hall–Kier alpha value is -1.98. The minimum absolute atomic E-state index is 0.0529. The molecule has 1 amide bonds. The number of halogens is 1. The van der Waals surface area contributed by atoms with Crippen LogP contribution in [-0.2, 0) is 6.54 Å². The molecule has 24 heavy (non-hydrogen) atoms. The highest BCUT2D eigenvalue weighted by Crippen LogP contribution is 2.18. The number of carbonyl (C=O) groups excluding carboxylic acids is 1. The number of nitrogens with one attached hydrogen (secondary N) is 1. The predicted molar refractivity (Wildman–Crippen MR) is 93.9 cm³/mol. The molecule has 6 heteroatoms. The Morgan fingerprint density at radius 3 is 2.88 bits per heavy atom. The summed E-state index contributed by atoms with van der Waals surface area (Å²) < 4.78 is 0. The number of likely N-dealkylation sites (tertiary alicyclic amines) is 1. The zero-order valence-electron chi connectivity index (χ0n) is 13.7. The maximum absolute atomic E-state index is 12.1. The zero-order chi connectivity index (χ0) is 16.9. The highest BCUT2D eigenvalue weighted by atomic mass is 35.5. The van der Waals surface area contributed by atoms with Gasteiger partial charge in [-0.05, 0) is 49.6 Å². The zero-order valence-corrected chi connectivity index (χ0v) is 14.5. The second-order valence-electron chi connectivity index (χ2n) is 6.28. The number of nitrogens with zero attached hydrogens (tertiary/aromatic N) is 3. The van der Waals surface area contributed by atoms with E-state index in [1.165, 1.54) is 0 Å². The summed E-state index contributed by atoms with van der Waals surface area (Å²) in [6.45, 7) is 5.49. The van der Waals surface area contributed by atoms with Crippen LogP contribution in [0.1, 0.15) is 28.0 Å². The van der Waals surface area contributed by atoms with Crippen LogP contribution in [0.2, 0.25) is 5.15 Å². The minimum Gasteiger partial charge on any atom is -0.352 e. The SMILES string of the molecule is Cc1ccc(C(=O)NCC2CCN(Cc3ccc(Cl)nc3)C2)cn1. The van der Waals surface area contributed by atoms with Gasteiger partial charge in [0.15, 0.2) is 0 Å². The fourth-order valence-corrected chi connectivity index (χ4v) is 3.03. The first-order valence-electron chi connectivity index (χ1n) is 8.14. The summed E-state index contributed by atoms with van der Waals surface area (Å²) >= 11 is 5.81. The van der Waals surface area contributed by atoms with E-state index in [0.29, 0.717) is 23.2 Å². The average Bonchev–Trinajstić information content (AvgIpc) is 3.03. The van der Waals surface area contributed by atoms with Crippen LogP contribution in [0.25, 0.3) is 0 Å². The lowest BCUT2D eigenvalue weighted by Gasteiger charge is -2.16.